The standard InChI is InChI=1S/C10H15F3N4/c1-9(14,10(11,12)13)8-15-7(16-17-8)6-4-2-3-5-6/h6H,2-5,14H2,1H3,(H,15,16,17). The van der Waals surface area contributed by atoms with Crippen LogP contribution < -0.4 is 5.73 Å². The zero-order chi connectivity index (χ0) is 12.7. The molecule has 1 saturated carbocycles. The average molecular weight is 248 g/mol. The van der Waals surface area contributed by atoms with Crippen LogP contribution in [0.3, 0.4) is 0 Å². The van der Waals surface area contributed by atoms with Gasteiger partial charge in [0, 0.05) is 5.92 Å². The molecule has 3 N–H and O–H groups in total. The van der Waals surface area contributed by atoms with Gasteiger partial charge in [0.2, 0.25) is 0 Å². The van der Waals surface area contributed by atoms with Crippen LogP contribution in [0.4, 0.5) is 13.2 Å². The molecule has 1 aromatic heterocycles. The van der Waals surface area contributed by atoms with Gasteiger partial charge >= 0.3 is 6.18 Å². The number of alkyl halides is 3. The number of rotatable bonds is 2. The van der Waals surface area contributed by atoms with E-state index in [1.54, 1.807) is 0 Å². The molecule has 1 unspecified atom stereocenters. The van der Waals surface area contributed by atoms with Crippen LogP contribution in [0, 0.1) is 0 Å². The maximum Gasteiger partial charge on any atom is 0.413 e. The summed E-state index contributed by atoms with van der Waals surface area (Å²) in [5.74, 6) is 0.339. The lowest BCUT2D eigenvalue weighted by atomic mass is 10.0. The van der Waals surface area contributed by atoms with Gasteiger partial charge in [0.05, 0.1) is 0 Å². The van der Waals surface area contributed by atoms with Crippen LogP contribution in [0.1, 0.15) is 50.2 Å². The van der Waals surface area contributed by atoms with E-state index in [1.165, 1.54) is 0 Å². The van der Waals surface area contributed by atoms with Crippen LogP contribution in [0.15, 0.2) is 0 Å². The number of aromatic nitrogens is 3. The van der Waals surface area contributed by atoms with Crippen molar-refractivity contribution in [3.05, 3.63) is 11.6 Å². The molecule has 1 heterocycles. The summed E-state index contributed by atoms with van der Waals surface area (Å²) in [5, 5.41) is 6.20. The quantitative estimate of drug-likeness (QED) is 0.843. The van der Waals surface area contributed by atoms with Crippen molar-refractivity contribution >= 4 is 0 Å². The van der Waals surface area contributed by atoms with Crippen molar-refractivity contribution in [2.75, 3.05) is 0 Å². The highest BCUT2D eigenvalue weighted by molar-refractivity contribution is 5.09. The summed E-state index contributed by atoms with van der Waals surface area (Å²) >= 11 is 0. The van der Waals surface area contributed by atoms with Crippen molar-refractivity contribution in [1.29, 1.82) is 0 Å². The van der Waals surface area contributed by atoms with Crippen LogP contribution in [0.2, 0.25) is 0 Å². The minimum atomic E-state index is -4.55. The minimum Gasteiger partial charge on any atom is -0.311 e. The van der Waals surface area contributed by atoms with Gasteiger partial charge in [-0.2, -0.15) is 18.3 Å². The van der Waals surface area contributed by atoms with E-state index in [2.05, 4.69) is 15.2 Å². The van der Waals surface area contributed by atoms with Crippen LogP contribution in [-0.2, 0) is 5.54 Å². The monoisotopic (exact) mass is 248 g/mol. The Hall–Kier alpha value is -1.11. The highest BCUT2D eigenvalue weighted by atomic mass is 19.4. The lowest BCUT2D eigenvalue weighted by molar-refractivity contribution is -0.186. The van der Waals surface area contributed by atoms with Gasteiger partial charge in [0.15, 0.2) is 11.4 Å². The predicted octanol–water partition coefficient (Wildman–Crippen LogP) is 2.20. The van der Waals surface area contributed by atoms with E-state index in [1.807, 2.05) is 0 Å². The Morgan fingerprint density at radius 1 is 1.29 bits per heavy atom. The number of hydrogen-bond donors (Lipinski definition) is 2. The number of aromatic amines is 1. The Balaban J connectivity index is 2.23. The van der Waals surface area contributed by atoms with Gasteiger partial charge in [0.1, 0.15) is 5.82 Å². The van der Waals surface area contributed by atoms with Crippen molar-refractivity contribution in [2.24, 2.45) is 5.73 Å². The summed E-state index contributed by atoms with van der Waals surface area (Å²) in [6, 6.07) is 0. The van der Waals surface area contributed by atoms with Crippen molar-refractivity contribution in [1.82, 2.24) is 15.2 Å². The fraction of sp³-hybridized carbons (Fsp3) is 0.800. The summed E-state index contributed by atoms with van der Waals surface area (Å²) in [6.07, 6.45) is -0.494. The Morgan fingerprint density at radius 2 is 1.88 bits per heavy atom. The first-order valence-electron chi connectivity index (χ1n) is 5.61. The van der Waals surface area contributed by atoms with Crippen molar-refractivity contribution in [3.63, 3.8) is 0 Å². The molecule has 4 nitrogen and oxygen atoms in total. The molecule has 0 spiro atoms. The van der Waals surface area contributed by atoms with Crippen LogP contribution >= 0.6 is 0 Å². The molecule has 96 valence electrons. The summed E-state index contributed by atoms with van der Waals surface area (Å²) < 4.78 is 38.1. The van der Waals surface area contributed by atoms with E-state index in [9.17, 15) is 13.2 Å². The Labute approximate surface area is 96.8 Å². The first-order chi connectivity index (χ1) is 7.82. The lowest BCUT2D eigenvalue weighted by Crippen LogP contribution is -2.48. The molecule has 1 aromatic rings. The Morgan fingerprint density at radius 3 is 2.41 bits per heavy atom. The van der Waals surface area contributed by atoms with E-state index in [0.29, 0.717) is 5.82 Å². The molecule has 17 heavy (non-hydrogen) atoms. The number of hydrogen-bond acceptors (Lipinski definition) is 3. The third kappa shape index (κ3) is 2.15. The number of halogens is 3. The topological polar surface area (TPSA) is 67.6 Å². The molecule has 0 bridgehead atoms. The van der Waals surface area contributed by atoms with E-state index in [-0.39, 0.29) is 11.7 Å². The predicted molar refractivity (Wildman–Crippen MR) is 55.2 cm³/mol. The van der Waals surface area contributed by atoms with Gasteiger partial charge in [0.25, 0.3) is 0 Å². The zero-order valence-electron chi connectivity index (χ0n) is 9.51. The number of nitrogens with two attached hydrogens (primary N) is 1. The average Bonchev–Trinajstić information content (AvgIpc) is 2.87. The largest absolute Gasteiger partial charge is 0.413 e. The van der Waals surface area contributed by atoms with Gasteiger partial charge < -0.3 is 5.73 Å². The SMILES string of the molecule is CC(N)(c1n[nH]c(C2CCCC2)n1)C(F)(F)F. The second kappa shape index (κ2) is 3.97. The van der Waals surface area contributed by atoms with Gasteiger partial charge in [-0.05, 0) is 19.8 Å². The maximum absolute atomic E-state index is 12.7. The fourth-order valence-corrected chi connectivity index (χ4v) is 2.02. The van der Waals surface area contributed by atoms with Gasteiger partial charge in [-0.3, -0.25) is 5.10 Å². The third-order valence-electron chi connectivity index (χ3n) is 3.30. The highest BCUT2D eigenvalue weighted by Gasteiger charge is 2.52. The summed E-state index contributed by atoms with van der Waals surface area (Å²) in [6.45, 7) is 0.884. The van der Waals surface area contributed by atoms with E-state index >= 15 is 0 Å². The molecule has 1 atom stereocenters. The molecule has 7 heteroatoms. The van der Waals surface area contributed by atoms with Crippen molar-refractivity contribution < 1.29 is 13.2 Å². The van der Waals surface area contributed by atoms with Crippen molar-refractivity contribution in [3.8, 4) is 0 Å². The Bertz CT molecular complexity index is 391. The lowest BCUT2D eigenvalue weighted by Gasteiger charge is -2.23. The third-order valence-corrected chi connectivity index (χ3v) is 3.30. The van der Waals surface area contributed by atoms with Gasteiger partial charge in [-0.15, -0.1) is 0 Å². The van der Waals surface area contributed by atoms with Crippen LogP contribution in [0.5, 0.6) is 0 Å². The van der Waals surface area contributed by atoms with Crippen LogP contribution in [-0.4, -0.2) is 21.4 Å². The summed E-state index contributed by atoms with van der Waals surface area (Å²) in [4.78, 5) is 3.92. The molecule has 0 radical (unpaired) electrons. The molecule has 2 rings (SSSR count). The van der Waals surface area contributed by atoms with Gasteiger partial charge in [-0.25, -0.2) is 4.98 Å². The summed E-state index contributed by atoms with van der Waals surface area (Å²) in [5.41, 5.74) is 2.76. The number of nitrogens with zero attached hydrogens (tertiary/aromatic N) is 2. The molecule has 0 saturated heterocycles. The molecular weight excluding hydrogens is 233 g/mol. The number of H-pyrrole nitrogens is 1. The Kier molecular flexibility index (Phi) is 2.89. The molecule has 0 amide bonds. The van der Waals surface area contributed by atoms with E-state index in [4.69, 9.17) is 5.73 Å². The minimum absolute atomic E-state index is 0.195. The van der Waals surface area contributed by atoms with E-state index < -0.39 is 11.7 Å². The normalized spacial score (nSPS) is 21.7. The van der Waals surface area contributed by atoms with Crippen molar-refractivity contribution in [2.45, 2.75) is 50.2 Å². The smallest absolute Gasteiger partial charge is 0.311 e. The molecule has 0 aliphatic heterocycles. The first kappa shape index (κ1) is 12.3. The molecular formula is C10H15F3N4. The van der Waals surface area contributed by atoms with Gasteiger partial charge in [-0.1, -0.05) is 12.8 Å². The second-order valence-electron chi connectivity index (χ2n) is 4.73. The van der Waals surface area contributed by atoms with Crippen LogP contribution in [0.25, 0.3) is 0 Å². The molecule has 1 fully saturated rings. The molecule has 0 aromatic carbocycles. The second-order valence-corrected chi connectivity index (χ2v) is 4.73. The maximum atomic E-state index is 12.7. The fourth-order valence-electron chi connectivity index (χ4n) is 2.02. The summed E-state index contributed by atoms with van der Waals surface area (Å²) in [7, 11) is 0. The van der Waals surface area contributed by atoms with E-state index in [0.717, 1.165) is 32.6 Å². The molecule has 1 aliphatic rings. The molecule has 1 aliphatic carbocycles. The first-order valence-corrected chi connectivity index (χ1v) is 5.61. The zero-order valence-corrected chi connectivity index (χ0v) is 9.51. The number of nitrogens with one attached hydrogen (secondary N) is 1. The highest BCUT2D eigenvalue weighted by Crippen LogP contribution is 2.36.